The normalized spacial score (nSPS) is 11.6. The molecule has 188 valence electrons. The molecule has 35 heavy (non-hydrogen) atoms. The van der Waals surface area contributed by atoms with Gasteiger partial charge in [0.25, 0.3) is 5.56 Å². The Labute approximate surface area is 202 Å². The summed E-state index contributed by atoms with van der Waals surface area (Å²) in [5.74, 6) is 0.356. The van der Waals surface area contributed by atoms with E-state index in [0.29, 0.717) is 35.9 Å². The summed E-state index contributed by atoms with van der Waals surface area (Å²) in [6.07, 6.45) is 0. The lowest BCUT2D eigenvalue weighted by Gasteiger charge is -2.18. The van der Waals surface area contributed by atoms with E-state index in [-0.39, 0.29) is 10.3 Å². The van der Waals surface area contributed by atoms with Gasteiger partial charge in [-0.05, 0) is 44.2 Å². The molecule has 0 unspecified atom stereocenters. The topological polar surface area (TPSA) is 129 Å². The summed E-state index contributed by atoms with van der Waals surface area (Å²) in [4.78, 5) is 37.2. The Hall–Kier alpha value is -3.64. The van der Waals surface area contributed by atoms with E-state index in [2.05, 4.69) is 5.32 Å². The molecule has 0 atom stereocenters. The summed E-state index contributed by atoms with van der Waals surface area (Å²) in [5.41, 5.74) is -0.483. The molecule has 0 fully saturated rings. The van der Waals surface area contributed by atoms with Gasteiger partial charge in [0.15, 0.2) is 0 Å². The van der Waals surface area contributed by atoms with E-state index in [0.717, 1.165) is 8.87 Å². The Bertz CT molecular complexity index is 1490. The van der Waals surface area contributed by atoms with Gasteiger partial charge in [-0.15, -0.1) is 0 Å². The highest BCUT2D eigenvalue weighted by Crippen LogP contribution is 2.29. The van der Waals surface area contributed by atoms with Crippen LogP contribution in [0.1, 0.15) is 13.8 Å². The number of nitrogens with zero attached hydrogens (tertiary/aromatic N) is 3. The summed E-state index contributed by atoms with van der Waals surface area (Å²) < 4.78 is 40.3. The quantitative estimate of drug-likeness (QED) is 0.465. The molecule has 2 aromatic carbocycles. The van der Waals surface area contributed by atoms with Crippen molar-refractivity contribution in [3.63, 3.8) is 0 Å². The van der Waals surface area contributed by atoms with Crippen molar-refractivity contribution >= 4 is 32.5 Å². The van der Waals surface area contributed by atoms with Crippen molar-refractivity contribution in [2.75, 3.05) is 32.1 Å². The van der Waals surface area contributed by atoms with Crippen molar-refractivity contribution in [2.45, 2.75) is 18.7 Å². The molecule has 0 spiro atoms. The average molecular weight is 505 g/mol. The fourth-order valence-electron chi connectivity index (χ4n) is 3.54. The molecule has 0 aliphatic carbocycles. The van der Waals surface area contributed by atoms with Crippen LogP contribution in [0.4, 0.5) is 5.69 Å². The lowest BCUT2D eigenvalue weighted by atomic mass is 10.2. The Morgan fingerprint density at radius 1 is 1.00 bits per heavy atom. The number of nitrogens with one attached hydrogen (secondary N) is 1. The second-order valence-electron chi connectivity index (χ2n) is 7.72. The van der Waals surface area contributed by atoms with Crippen LogP contribution < -0.4 is 26.0 Å². The monoisotopic (exact) mass is 504 g/mol. The van der Waals surface area contributed by atoms with Crippen LogP contribution in [0.25, 0.3) is 10.9 Å². The van der Waals surface area contributed by atoms with Crippen molar-refractivity contribution < 1.29 is 22.7 Å². The van der Waals surface area contributed by atoms with E-state index in [1.807, 2.05) is 6.92 Å². The van der Waals surface area contributed by atoms with E-state index in [1.165, 1.54) is 43.9 Å². The third-order valence-electron chi connectivity index (χ3n) is 5.35. The number of benzene rings is 2. The van der Waals surface area contributed by atoms with Crippen molar-refractivity contribution in [1.82, 2.24) is 13.4 Å². The molecule has 0 aliphatic heterocycles. The predicted octanol–water partition coefficient (Wildman–Crippen LogP) is 1.29. The second-order valence-corrected chi connectivity index (χ2v) is 9.76. The molecule has 1 N–H and O–H groups in total. The number of carbonyl (C=O) groups excluding carboxylic acids is 1. The lowest BCUT2D eigenvalue weighted by molar-refractivity contribution is -0.116. The maximum Gasteiger partial charge on any atom is 0.330 e. The number of fused-ring (bicyclic) bond motifs is 1. The molecule has 0 bridgehead atoms. The molecular formula is C23H28N4O7S. The minimum absolute atomic E-state index is 0.0719. The smallest absolute Gasteiger partial charge is 0.330 e. The van der Waals surface area contributed by atoms with Crippen LogP contribution in [0, 0.1) is 0 Å². The maximum absolute atomic E-state index is 13.1. The van der Waals surface area contributed by atoms with Gasteiger partial charge < -0.3 is 14.8 Å². The average Bonchev–Trinajstić information content (AvgIpc) is 2.82. The molecule has 1 aromatic heterocycles. The van der Waals surface area contributed by atoms with E-state index < -0.39 is 33.7 Å². The first-order chi connectivity index (χ1) is 16.5. The molecule has 1 amide bonds. The Morgan fingerprint density at radius 2 is 1.69 bits per heavy atom. The summed E-state index contributed by atoms with van der Waals surface area (Å²) in [6.45, 7) is 3.95. The van der Waals surface area contributed by atoms with Gasteiger partial charge in [0.05, 0.1) is 41.2 Å². The van der Waals surface area contributed by atoms with Crippen molar-refractivity contribution in [2.24, 2.45) is 14.1 Å². The first-order valence-corrected chi connectivity index (χ1v) is 12.3. The van der Waals surface area contributed by atoms with Crippen molar-refractivity contribution in [3.8, 4) is 11.5 Å². The molecule has 3 aromatic rings. The van der Waals surface area contributed by atoms with Crippen LogP contribution in [0.5, 0.6) is 11.5 Å². The largest absolute Gasteiger partial charge is 0.494 e. The number of likely N-dealkylation sites (N-methyl/N-ethyl adjacent to an activating group) is 1. The minimum atomic E-state index is -4.13. The number of ether oxygens (including phenoxy) is 2. The zero-order valence-corrected chi connectivity index (χ0v) is 21.0. The zero-order chi connectivity index (χ0) is 25.9. The Balaban J connectivity index is 1.87. The highest BCUT2D eigenvalue weighted by atomic mass is 32.2. The van der Waals surface area contributed by atoms with Crippen molar-refractivity contribution in [3.05, 3.63) is 57.2 Å². The van der Waals surface area contributed by atoms with Crippen LogP contribution in [0.3, 0.4) is 0 Å². The summed E-state index contributed by atoms with van der Waals surface area (Å²) in [7, 11) is -0.0544. The van der Waals surface area contributed by atoms with Gasteiger partial charge >= 0.3 is 5.69 Å². The third kappa shape index (κ3) is 5.23. The highest BCUT2D eigenvalue weighted by Gasteiger charge is 2.25. The standard InChI is InChI=1S/C23H28N4O7S/c1-6-33-15-8-11-20(34-7-2)18(12-15)24-21(28)14-25(3)35(31,32)16-9-10-19-17(13-16)22(29)27(5)23(30)26(19)4/h8-13H,6-7,14H2,1-5H3,(H,24,28). The molecule has 1 heterocycles. The maximum atomic E-state index is 13.1. The molecule has 11 nitrogen and oxygen atoms in total. The first-order valence-electron chi connectivity index (χ1n) is 10.9. The van der Waals surface area contributed by atoms with Crippen LogP contribution in [0.15, 0.2) is 50.9 Å². The molecule has 0 saturated heterocycles. The van der Waals surface area contributed by atoms with Gasteiger partial charge in [-0.25, -0.2) is 13.2 Å². The van der Waals surface area contributed by atoms with E-state index in [1.54, 1.807) is 25.1 Å². The number of aromatic nitrogens is 2. The number of rotatable bonds is 9. The SMILES string of the molecule is CCOc1ccc(OCC)c(NC(=O)CN(C)S(=O)(=O)c2ccc3c(c2)c(=O)n(C)c(=O)n3C)c1. The minimum Gasteiger partial charge on any atom is -0.494 e. The van der Waals surface area contributed by atoms with Gasteiger partial charge in [-0.3, -0.25) is 18.7 Å². The van der Waals surface area contributed by atoms with Gasteiger partial charge in [-0.1, -0.05) is 0 Å². The Morgan fingerprint density at radius 3 is 2.34 bits per heavy atom. The number of anilines is 1. The molecule has 0 radical (unpaired) electrons. The summed E-state index contributed by atoms with van der Waals surface area (Å²) in [6, 6.07) is 8.87. The number of hydrogen-bond donors (Lipinski definition) is 1. The highest BCUT2D eigenvalue weighted by molar-refractivity contribution is 7.89. The van der Waals surface area contributed by atoms with Gasteiger partial charge in [0.2, 0.25) is 15.9 Å². The number of aryl methyl sites for hydroxylation is 1. The third-order valence-corrected chi connectivity index (χ3v) is 7.15. The molecule has 0 aliphatic rings. The fraction of sp³-hybridized carbons (Fsp3) is 0.348. The van der Waals surface area contributed by atoms with Crippen LogP contribution in [-0.2, 0) is 28.9 Å². The first kappa shape index (κ1) is 26.0. The number of hydrogen-bond acceptors (Lipinski definition) is 7. The second kappa shape index (κ2) is 10.3. The van der Waals surface area contributed by atoms with Gasteiger partial charge in [0.1, 0.15) is 11.5 Å². The van der Waals surface area contributed by atoms with Crippen molar-refractivity contribution in [1.29, 1.82) is 0 Å². The summed E-state index contributed by atoms with van der Waals surface area (Å²) in [5, 5.41) is 2.74. The molecule has 0 saturated carbocycles. The predicted molar refractivity (Wildman–Crippen MR) is 132 cm³/mol. The van der Waals surface area contributed by atoms with E-state index in [4.69, 9.17) is 9.47 Å². The van der Waals surface area contributed by atoms with Crippen LogP contribution in [0.2, 0.25) is 0 Å². The number of sulfonamides is 1. The molecular weight excluding hydrogens is 476 g/mol. The summed E-state index contributed by atoms with van der Waals surface area (Å²) >= 11 is 0. The Kier molecular flexibility index (Phi) is 7.66. The lowest BCUT2D eigenvalue weighted by Crippen LogP contribution is -2.37. The molecule has 12 heteroatoms. The van der Waals surface area contributed by atoms with Crippen LogP contribution in [-0.4, -0.2) is 54.6 Å². The van der Waals surface area contributed by atoms with Gasteiger partial charge in [0, 0.05) is 27.2 Å². The number of amides is 1. The molecule has 3 rings (SSSR count). The van der Waals surface area contributed by atoms with Gasteiger partial charge in [-0.2, -0.15) is 4.31 Å². The zero-order valence-electron chi connectivity index (χ0n) is 20.2. The fourth-order valence-corrected chi connectivity index (χ4v) is 4.69. The number of carbonyl (C=O) groups is 1. The van der Waals surface area contributed by atoms with Crippen LogP contribution >= 0.6 is 0 Å². The van der Waals surface area contributed by atoms with E-state index in [9.17, 15) is 22.8 Å². The van der Waals surface area contributed by atoms with E-state index >= 15 is 0 Å².